The summed E-state index contributed by atoms with van der Waals surface area (Å²) in [7, 11) is -1.89. The summed E-state index contributed by atoms with van der Waals surface area (Å²) in [4.78, 5) is 0.117. The van der Waals surface area contributed by atoms with E-state index in [1.165, 1.54) is 31.0 Å². The highest BCUT2D eigenvalue weighted by Gasteiger charge is 2.26. The summed E-state index contributed by atoms with van der Waals surface area (Å²) in [6, 6.07) is 3.80. The van der Waals surface area contributed by atoms with Crippen LogP contribution in [0, 0.1) is 11.7 Å². The summed E-state index contributed by atoms with van der Waals surface area (Å²) in [5.41, 5.74) is 0.352. The standard InChI is InChI=1S/C14H21FN2O2S/c1-10(7-11-3-4-11)17-20(18,19)13-5-6-14(15)12(8-13)9-16-2/h5-6,8,10-11,16-17H,3-4,7,9H2,1-2H3. The van der Waals surface area contributed by atoms with Gasteiger partial charge in [0.1, 0.15) is 5.82 Å². The molecule has 0 aromatic heterocycles. The second kappa shape index (κ2) is 6.20. The van der Waals surface area contributed by atoms with Crippen LogP contribution in [-0.2, 0) is 16.6 Å². The Morgan fingerprint density at radius 1 is 1.40 bits per heavy atom. The molecular formula is C14H21FN2O2S. The molecule has 1 aliphatic rings. The quantitative estimate of drug-likeness (QED) is 0.810. The molecule has 112 valence electrons. The van der Waals surface area contributed by atoms with Gasteiger partial charge in [-0.1, -0.05) is 12.8 Å². The number of rotatable bonds is 7. The summed E-state index contributed by atoms with van der Waals surface area (Å²) in [5.74, 6) is 0.255. The zero-order chi connectivity index (χ0) is 14.8. The fourth-order valence-electron chi connectivity index (χ4n) is 2.28. The average molecular weight is 300 g/mol. The van der Waals surface area contributed by atoms with Gasteiger partial charge >= 0.3 is 0 Å². The maximum Gasteiger partial charge on any atom is 0.240 e. The largest absolute Gasteiger partial charge is 0.316 e. The monoisotopic (exact) mass is 300 g/mol. The molecule has 0 aliphatic heterocycles. The first kappa shape index (κ1) is 15.4. The second-order valence-corrected chi connectivity index (χ2v) is 7.20. The highest BCUT2D eigenvalue weighted by molar-refractivity contribution is 7.89. The molecule has 0 saturated heterocycles. The maximum atomic E-state index is 13.5. The Morgan fingerprint density at radius 2 is 2.10 bits per heavy atom. The number of hydrogen-bond acceptors (Lipinski definition) is 3. The fraction of sp³-hybridized carbons (Fsp3) is 0.571. The Hall–Kier alpha value is -0.980. The van der Waals surface area contributed by atoms with Crippen LogP contribution in [-0.4, -0.2) is 21.5 Å². The van der Waals surface area contributed by atoms with Crippen LogP contribution in [0.2, 0.25) is 0 Å². The summed E-state index contributed by atoms with van der Waals surface area (Å²) in [6.07, 6.45) is 3.24. The number of sulfonamides is 1. The van der Waals surface area contributed by atoms with Gasteiger partial charge in [-0.15, -0.1) is 0 Å². The van der Waals surface area contributed by atoms with Gasteiger partial charge in [0.05, 0.1) is 4.90 Å². The molecule has 0 amide bonds. The first-order valence-corrected chi connectivity index (χ1v) is 8.36. The smallest absolute Gasteiger partial charge is 0.240 e. The first-order chi connectivity index (χ1) is 9.42. The van der Waals surface area contributed by atoms with E-state index in [1.807, 2.05) is 6.92 Å². The van der Waals surface area contributed by atoms with E-state index < -0.39 is 15.8 Å². The van der Waals surface area contributed by atoms with Crippen molar-refractivity contribution in [3.05, 3.63) is 29.6 Å². The molecule has 1 saturated carbocycles. The van der Waals surface area contributed by atoms with Crippen LogP contribution >= 0.6 is 0 Å². The van der Waals surface area contributed by atoms with Gasteiger partial charge in [0.25, 0.3) is 0 Å². The van der Waals surface area contributed by atoms with E-state index in [9.17, 15) is 12.8 Å². The summed E-state index contributed by atoms with van der Waals surface area (Å²) < 4.78 is 40.7. The number of benzene rings is 1. The molecular weight excluding hydrogens is 279 g/mol. The Morgan fingerprint density at radius 3 is 2.70 bits per heavy atom. The predicted molar refractivity (Wildman–Crippen MR) is 76.3 cm³/mol. The molecule has 20 heavy (non-hydrogen) atoms. The van der Waals surface area contributed by atoms with Crippen molar-refractivity contribution in [3.63, 3.8) is 0 Å². The van der Waals surface area contributed by atoms with Gasteiger partial charge in [0, 0.05) is 18.2 Å². The van der Waals surface area contributed by atoms with E-state index in [4.69, 9.17) is 0 Å². The van der Waals surface area contributed by atoms with Gasteiger partial charge in [0.2, 0.25) is 10.0 Å². The Balaban J connectivity index is 2.13. The molecule has 1 unspecified atom stereocenters. The molecule has 1 aromatic rings. The van der Waals surface area contributed by atoms with Crippen LogP contribution in [0.4, 0.5) is 4.39 Å². The topological polar surface area (TPSA) is 58.2 Å². The Labute approximate surface area is 119 Å². The van der Waals surface area contributed by atoms with E-state index in [2.05, 4.69) is 10.0 Å². The van der Waals surface area contributed by atoms with Crippen molar-refractivity contribution in [2.24, 2.45) is 5.92 Å². The third kappa shape index (κ3) is 4.01. The predicted octanol–water partition coefficient (Wildman–Crippen LogP) is 2.01. The average Bonchev–Trinajstić information content (AvgIpc) is 3.15. The van der Waals surface area contributed by atoms with E-state index in [0.29, 0.717) is 18.0 Å². The van der Waals surface area contributed by atoms with Crippen LogP contribution in [0.15, 0.2) is 23.1 Å². The van der Waals surface area contributed by atoms with Crippen LogP contribution in [0.1, 0.15) is 31.7 Å². The lowest BCUT2D eigenvalue weighted by Crippen LogP contribution is -2.33. The summed E-state index contributed by atoms with van der Waals surface area (Å²) in [6.45, 7) is 2.17. The molecule has 1 aromatic carbocycles. The molecule has 6 heteroatoms. The van der Waals surface area contributed by atoms with Gasteiger partial charge < -0.3 is 5.32 Å². The van der Waals surface area contributed by atoms with E-state index in [1.54, 1.807) is 7.05 Å². The first-order valence-electron chi connectivity index (χ1n) is 6.87. The molecule has 0 bridgehead atoms. The van der Waals surface area contributed by atoms with Crippen molar-refractivity contribution >= 4 is 10.0 Å². The van der Waals surface area contributed by atoms with Gasteiger partial charge in [-0.2, -0.15) is 0 Å². The second-order valence-electron chi connectivity index (χ2n) is 5.48. The number of nitrogens with one attached hydrogen (secondary N) is 2. The van der Waals surface area contributed by atoms with E-state index >= 15 is 0 Å². The van der Waals surface area contributed by atoms with Crippen LogP contribution in [0.3, 0.4) is 0 Å². The van der Waals surface area contributed by atoms with Crippen molar-refractivity contribution in [1.29, 1.82) is 0 Å². The van der Waals surface area contributed by atoms with Crippen molar-refractivity contribution in [2.75, 3.05) is 7.05 Å². The Kier molecular flexibility index (Phi) is 4.78. The molecule has 1 atom stereocenters. The number of halogens is 1. The lowest BCUT2D eigenvalue weighted by Gasteiger charge is -2.14. The normalized spacial score (nSPS) is 17.1. The van der Waals surface area contributed by atoms with Crippen LogP contribution < -0.4 is 10.0 Å². The third-order valence-electron chi connectivity index (χ3n) is 3.43. The van der Waals surface area contributed by atoms with E-state index in [0.717, 1.165) is 6.42 Å². The van der Waals surface area contributed by atoms with Crippen molar-refractivity contribution in [2.45, 2.75) is 43.7 Å². The molecule has 2 N–H and O–H groups in total. The van der Waals surface area contributed by atoms with Crippen molar-refractivity contribution < 1.29 is 12.8 Å². The van der Waals surface area contributed by atoms with Gasteiger partial charge in [-0.05, 0) is 44.5 Å². The van der Waals surface area contributed by atoms with Crippen molar-refractivity contribution in [1.82, 2.24) is 10.0 Å². The minimum atomic E-state index is -3.58. The number of hydrogen-bond donors (Lipinski definition) is 2. The molecule has 0 radical (unpaired) electrons. The lowest BCUT2D eigenvalue weighted by atomic mass is 10.2. The zero-order valence-corrected chi connectivity index (χ0v) is 12.6. The molecule has 4 nitrogen and oxygen atoms in total. The highest BCUT2D eigenvalue weighted by Crippen LogP contribution is 2.33. The minimum absolute atomic E-state index is 0.0923. The van der Waals surface area contributed by atoms with Gasteiger partial charge in [0.15, 0.2) is 0 Å². The van der Waals surface area contributed by atoms with Gasteiger partial charge in [-0.25, -0.2) is 17.5 Å². The lowest BCUT2D eigenvalue weighted by molar-refractivity contribution is 0.529. The maximum absolute atomic E-state index is 13.5. The zero-order valence-electron chi connectivity index (χ0n) is 11.8. The molecule has 2 rings (SSSR count). The molecule has 0 spiro atoms. The fourth-order valence-corrected chi connectivity index (χ4v) is 3.59. The SMILES string of the molecule is CNCc1cc(S(=O)(=O)NC(C)CC2CC2)ccc1F. The summed E-state index contributed by atoms with van der Waals surface area (Å²) in [5, 5.41) is 2.82. The van der Waals surface area contributed by atoms with Gasteiger partial charge in [-0.3, -0.25) is 0 Å². The van der Waals surface area contributed by atoms with Crippen LogP contribution in [0.25, 0.3) is 0 Å². The Bertz CT molecular complexity index is 571. The third-order valence-corrected chi connectivity index (χ3v) is 5.02. The molecule has 0 heterocycles. The molecule has 1 fully saturated rings. The van der Waals surface area contributed by atoms with Crippen LogP contribution in [0.5, 0.6) is 0 Å². The minimum Gasteiger partial charge on any atom is -0.316 e. The van der Waals surface area contributed by atoms with Crippen molar-refractivity contribution in [3.8, 4) is 0 Å². The van der Waals surface area contributed by atoms with E-state index in [-0.39, 0.29) is 10.9 Å². The highest BCUT2D eigenvalue weighted by atomic mass is 32.2. The molecule has 1 aliphatic carbocycles. The summed E-state index contributed by atoms with van der Waals surface area (Å²) >= 11 is 0.